The number of carbonyl (C=O) groups excluding carboxylic acids is 1. The molecule has 0 saturated heterocycles. The van der Waals surface area contributed by atoms with E-state index in [-0.39, 0.29) is 19.0 Å². The largest absolute Gasteiger partial charge is 0.445 e. The van der Waals surface area contributed by atoms with Gasteiger partial charge in [-0.2, -0.15) is 0 Å². The third-order valence-electron chi connectivity index (χ3n) is 1.91. The number of rotatable bonds is 5. The summed E-state index contributed by atoms with van der Waals surface area (Å²) in [7, 11) is 1.53. The maximum Gasteiger partial charge on any atom is 0.407 e. The average molecular weight is 251 g/mol. The quantitative estimate of drug-likeness (QED) is 0.295. The molecule has 7 nitrogen and oxygen atoms in total. The van der Waals surface area contributed by atoms with Gasteiger partial charge in [-0.1, -0.05) is 30.3 Å². The summed E-state index contributed by atoms with van der Waals surface area (Å²) in [6, 6.07) is 9.37. The van der Waals surface area contributed by atoms with Crippen molar-refractivity contribution in [2.24, 2.45) is 16.7 Å². The second-order valence-corrected chi connectivity index (χ2v) is 3.58. The predicted molar refractivity (Wildman–Crippen MR) is 68.2 cm³/mol. The van der Waals surface area contributed by atoms with E-state index in [4.69, 9.17) is 16.3 Å². The van der Waals surface area contributed by atoms with Crippen molar-refractivity contribution in [3.8, 4) is 0 Å². The molecule has 18 heavy (non-hydrogen) atoms. The second kappa shape index (κ2) is 7.13. The summed E-state index contributed by atoms with van der Waals surface area (Å²) in [5.74, 6) is 5.45. The Morgan fingerprint density at radius 1 is 1.44 bits per heavy atom. The van der Waals surface area contributed by atoms with Gasteiger partial charge in [-0.3, -0.25) is 0 Å². The highest BCUT2D eigenvalue weighted by molar-refractivity contribution is 5.85. The Labute approximate surface area is 105 Å². The van der Waals surface area contributed by atoms with Gasteiger partial charge in [-0.05, 0) is 5.56 Å². The van der Waals surface area contributed by atoms with E-state index < -0.39 is 6.09 Å². The number of hydrazine groups is 1. The van der Waals surface area contributed by atoms with Gasteiger partial charge in [-0.25, -0.2) is 15.8 Å². The van der Waals surface area contributed by atoms with E-state index in [0.29, 0.717) is 0 Å². The first-order valence-corrected chi connectivity index (χ1v) is 5.34. The lowest BCUT2D eigenvalue weighted by Gasteiger charge is -2.08. The number of ether oxygens (including phenoxy) is 1. The lowest BCUT2D eigenvalue weighted by Crippen LogP contribution is -2.36. The van der Waals surface area contributed by atoms with Crippen molar-refractivity contribution in [1.29, 1.82) is 0 Å². The number of alkyl carbamates (subject to hydrolysis) is 1. The molecule has 0 unspecified atom stereocenters. The average Bonchev–Trinajstić information content (AvgIpc) is 2.34. The first kappa shape index (κ1) is 13.8. The fraction of sp³-hybridized carbons (Fsp3) is 0.273. The fourth-order valence-electron chi connectivity index (χ4n) is 1.17. The van der Waals surface area contributed by atoms with Crippen molar-refractivity contribution >= 4 is 11.9 Å². The molecule has 0 fully saturated rings. The Balaban J connectivity index is 2.26. The number of nitrogens with one attached hydrogen (secondary N) is 1. The van der Waals surface area contributed by atoms with E-state index in [1.54, 1.807) is 0 Å². The molecule has 0 spiro atoms. The van der Waals surface area contributed by atoms with Crippen LogP contribution in [0.1, 0.15) is 5.56 Å². The summed E-state index contributed by atoms with van der Waals surface area (Å²) >= 11 is 0. The van der Waals surface area contributed by atoms with Gasteiger partial charge in [0, 0.05) is 7.05 Å². The van der Waals surface area contributed by atoms with Crippen LogP contribution in [0.5, 0.6) is 0 Å². The van der Waals surface area contributed by atoms with Crippen LogP contribution in [0.25, 0.3) is 0 Å². The summed E-state index contributed by atoms with van der Waals surface area (Å²) in [6.45, 7) is 0.287. The third kappa shape index (κ3) is 5.71. The van der Waals surface area contributed by atoms with E-state index in [9.17, 15) is 4.79 Å². The van der Waals surface area contributed by atoms with Crippen molar-refractivity contribution in [3.05, 3.63) is 35.9 Å². The van der Waals surface area contributed by atoms with E-state index in [1.165, 1.54) is 7.05 Å². The Morgan fingerprint density at radius 3 is 2.72 bits per heavy atom. The predicted octanol–water partition coefficient (Wildman–Crippen LogP) is -0.00950. The summed E-state index contributed by atoms with van der Waals surface area (Å²) in [4.78, 5) is 11.3. The molecule has 1 amide bonds. The summed E-state index contributed by atoms with van der Waals surface area (Å²) in [6.07, 6.45) is -0.559. The van der Waals surface area contributed by atoms with Crippen molar-refractivity contribution in [2.75, 3.05) is 13.6 Å². The van der Waals surface area contributed by atoms with Crippen LogP contribution in [0, 0.1) is 0 Å². The van der Waals surface area contributed by atoms with Gasteiger partial charge in [0.25, 0.3) is 0 Å². The molecule has 98 valence electrons. The second-order valence-electron chi connectivity index (χ2n) is 3.58. The van der Waals surface area contributed by atoms with Crippen LogP contribution in [-0.2, 0) is 11.3 Å². The van der Waals surface area contributed by atoms with Crippen LogP contribution in [0.2, 0.25) is 0 Å². The van der Waals surface area contributed by atoms with Crippen LogP contribution in [0.4, 0.5) is 4.79 Å². The molecule has 0 bridgehead atoms. The van der Waals surface area contributed by atoms with Crippen LogP contribution in [-0.4, -0.2) is 30.6 Å². The minimum Gasteiger partial charge on any atom is -0.445 e. The molecule has 5 N–H and O–H groups in total. The molecule has 0 aliphatic carbocycles. The highest BCUT2D eigenvalue weighted by Gasteiger charge is 2.03. The van der Waals surface area contributed by atoms with Gasteiger partial charge in [0.2, 0.25) is 0 Å². The molecule has 0 aliphatic heterocycles. The molecule has 0 heterocycles. The number of benzene rings is 1. The zero-order chi connectivity index (χ0) is 13.4. The number of hydrogen-bond donors (Lipinski definition) is 3. The molecular weight excluding hydrogens is 234 g/mol. The van der Waals surface area contributed by atoms with E-state index in [1.807, 2.05) is 30.3 Å². The van der Waals surface area contributed by atoms with Gasteiger partial charge >= 0.3 is 6.09 Å². The van der Waals surface area contributed by atoms with E-state index in [2.05, 4.69) is 10.4 Å². The number of hydrogen-bond acceptors (Lipinski definition) is 5. The first-order chi connectivity index (χ1) is 8.58. The van der Waals surface area contributed by atoms with Crippen LogP contribution in [0.15, 0.2) is 35.4 Å². The maximum atomic E-state index is 11.3. The lowest BCUT2D eigenvalue weighted by molar-refractivity contribution is 0.141. The maximum absolute atomic E-state index is 11.3. The summed E-state index contributed by atoms with van der Waals surface area (Å²) in [5, 5.41) is 7.22. The smallest absolute Gasteiger partial charge is 0.407 e. The van der Waals surface area contributed by atoms with Gasteiger partial charge in [-0.15, -0.1) is 5.10 Å². The van der Waals surface area contributed by atoms with Crippen molar-refractivity contribution in [2.45, 2.75) is 6.61 Å². The van der Waals surface area contributed by atoms with Crippen LogP contribution >= 0.6 is 0 Å². The zero-order valence-corrected chi connectivity index (χ0v) is 10.2. The zero-order valence-electron chi connectivity index (χ0n) is 10.2. The molecule has 0 atom stereocenters. The number of nitrogens with zero attached hydrogens (tertiary/aromatic N) is 2. The first-order valence-electron chi connectivity index (χ1n) is 5.34. The topological polar surface area (TPSA) is 106 Å². The Hall–Kier alpha value is -2.28. The molecular formula is C11H17N5O2. The number of amidine groups is 1. The van der Waals surface area contributed by atoms with E-state index in [0.717, 1.165) is 10.7 Å². The monoisotopic (exact) mass is 251 g/mol. The standard InChI is InChI=1S/C11H17N5O2/c1-16(13)15-10(12)7-14-11(17)18-8-9-5-3-2-4-6-9/h2-6H,7-8,13H2,1H3,(H2,12,15)(H,14,17). The summed E-state index contributed by atoms with van der Waals surface area (Å²) in [5.41, 5.74) is 6.40. The van der Waals surface area contributed by atoms with Gasteiger partial charge in [0.1, 0.15) is 12.4 Å². The van der Waals surface area contributed by atoms with Gasteiger partial charge in [0.05, 0.1) is 6.54 Å². The Bertz CT molecular complexity index is 405. The molecule has 0 radical (unpaired) electrons. The molecule has 0 saturated carbocycles. The van der Waals surface area contributed by atoms with Crippen molar-refractivity contribution in [3.63, 3.8) is 0 Å². The number of carbonyl (C=O) groups is 1. The Kier molecular flexibility index (Phi) is 5.46. The van der Waals surface area contributed by atoms with Gasteiger partial charge in [0.15, 0.2) is 0 Å². The molecule has 0 aromatic heterocycles. The van der Waals surface area contributed by atoms with Gasteiger partial charge < -0.3 is 15.8 Å². The minimum absolute atomic E-state index is 0.0785. The third-order valence-corrected chi connectivity index (χ3v) is 1.91. The molecule has 0 aliphatic rings. The minimum atomic E-state index is -0.559. The van der Waals surface area contributed by atoms with Crippen LogP contribution < -0.4 is 16.9 Å². The number of nitrogens with two attached hydrogens (primary N) is 2. The normalized spacial score (nSPS) is 10.9. The highest BCUT2D eigenvalue weighted by Crippen LogP contribution is 2.00. The molecule has 1 aromatic carbocycles. The molecule has 7 heteroatoms. The SMILES string of the molecule is CN(N)/N=C(\N)CNC(=O)OCc1ccccc1. The van der Waals surface area contributed by atoms with Crippen molar-refractivity contribution < 1.29 is 9.53 Å². The van der Waals surface area contributed by atoms with Crippen molar-refractivity contribution in [1.82, 2.24) is 10.4 Å². The molecule has 1 rings (SSSR count). The summed E-state index contributed by atoms with van der Waals surface area (Å²) < 4.78 is 4.98. The Morgan fingerprint density at radius 2 is 2.11 bits per heavy atom. The molecule has 1 aromatic rings. The van der Waals surface area contributed by atoms with Crippen LogP contribution in [0.3, 0.4) is 0 Å². The lowest BCUT2D eigenvalue weighted by atomic mass is 10.2. The fourth-order valence-corrected chi connectivity index (χ4v) is 1.17. The number of amides is 1. The highest BCUT2D eigenvalue weighted by atomic mass is 16.5. The number of hydrazone groups is 1. The van der Waals surface area contributed by atoms with E-state index >= 15 is 0 Å².